The molecule has 0 bridgehead atoms. The van der Waals surface area contributed by atoms with Crippen LogP contribution in [0.5, 0.6) is 0 Å². The van der Waals surface area contributed by atoms with Gasteiger partial charge in [-0.1, -0.05) is 25.7 Å². The zero-order chi connectivity index (χ0) is 9.86. The molecule has 0 aliphatic heterocycles. The highest BCUT2D eigenvalue weighted by molar-refractivity contribution is 4.93. The molecule has 0 spiro atoms. The molecule has 1 saturated carbocycles. The minimum Gasteiger partial charge on any atom is -0.330 e. The predicted octanol–water partition coefficient (Wildman–Crippen LogP) is 1.89. The molecular weight excluding hydrogens is 174 g/mol. The van der Waals surface area contributed by atoms with Crippen molar-refractivity contribution in [1.82, 2.24) is 9.55 Å². The van der Waals surface area contributed by atoms with Gasteiger partial charge in [0, 0.05) is 18.9 Å². The van der Waals surface area contributed by atoms with Crippen LogP contribution >= 0.6 is 0 Å². The highest BCUT2D eigenvalue weighted by Crippen LogP contribution is 2.32. The van der Waals surface area contributed by atoms with Crippen molar-refractivity contribution in [2.75, 3.05) is 6.54 Å². The molecule has 78 valence electrons. The Morgan fingerprint density at radius 2 is 1.93 bits per heavy atom. The van der Waals surface area contributed by atoms with E-state index < -0.39 is 0 Å². The van der Waals surface area contributed by atoms with Crippen LogP contribution in [-0.4, -0.2) is 16.1 Å². The molecule has 0 saturated heterocycles. The number of nitrogens with two attached hydrogens (primary N) is 1. The summed E-state index contributed by atoms with van der Waals surface area (Å²) in [5, 5.41) is 0. The lowest BCUT2D eigenvalue weighted by molar-refractivity contribution is 0.254. The van der Waals surface area contributed by atoms with Gasteiger partial charge >= 0.3 is 0 Å². The summed E-state index contributed by atoms with van der Waals surface area (Å²) in [5.41, 5.74) is 6.11. The number of hydrogen-bond acceptors (Lipinski definition) is 2. The van der Waals surface area contributed by atoms with Gasteiger partial charge in [-0.25, -0.2) is 4.98 Å². The van der Waals surface area contributed by atoms with E-state index in [1.54, 1.807) is 0 Å². The standard InChI is InChI=1S/C11H19N3/c12-9-11(14-8-7-13-10-14)5-3-1-2-4-6-11/h7-8,10H,1-6,9,12H2. The normalized spacial score (nSPS) is 21.8. The predicted molar refractivity (Wildman–Crippen MR) is 57.0 cm³/mol. The molecule has 3 heteroatoms. The van der Waals surface area contributed by atoms with Crippen molar-refractivity contribution >= 4 is 0 Å². The minimum atomic E-state index is 0.160. The first-order valence-corrected chi connectivity index (χ1v) is 5.56. The van der Waals surface area contributed by atoms with Crippen LogP contribution in [0.2, 0.25) is 0 Å². The molecule has 1 heterocycles. The summed E-state index contributed by atoms with van der Waals surface area (Å²) in [4.78, 5) is 4.13. The summed E-state index contributed by atoms with van der Waals surface area (Å²) >= 11 is 0. The topological polar surface area (TPSA) is 43.8 Å². The zero-order valence-corrected chi connectivity index (χ0v) is 8.65. The van der Waals surface area contributed by atoms with Gasteiger partial charge in [-0.2, -0.15) is 0 Å². The van der Waals surface area contributed by atoms with Crippen LogP contribution in [0.4, 0.5) is 0 Å². The van der Waals surface area contributed by atoms with E-state index in [-0.39, 0.29) is 5.54 Å². The molecule has 3 nitrogen and oxygen atoms in total. The summed E-state index contributed by atoms with van der Waals surface area (Å²) in [6.07, 6.45) is 13.6. The zero-order valence-electron chi connectivity index (χ0n) is 8.65. The van der Waals surface area contributed by atoms with Crippen molar-refractivity contribution < 1.29 is 0 Å². The van der Waals surface area contributed by atoms with E-state index in [0.717, 1.165) is 6.54 Å². The van der Waals surface area contributed by atoms with Gasteiger partial charge in [0.15, 0.2) is 0 Å². The lowest BCUT2D eigenvalue weighted by Gasteiger charge is -2.33. The molecular formula is C11H19N3. The summed E-state index contributed by atoms with van der Waals surface area (Å²) in [6.45, 7) is 0.739. The van der Waals surface area contributed by atoms with Crippen LogP contribution in [0.1, 0.15) is 38.5 Å². The molecule has 1 aromatic heterocycles. The second kappa shape index (κ2) is 4.13. The lowest BCUT2D eigenvalue weighted by atomic mass is 9.90. The van der Waals surface area contributed by atoms with Gasteiger partial charge in [-0.15, -0.1) is 0 Å². The number of hydrogen-bond donors (Lipinski definition) is 1. The highest BCUT2D eigenvalue weighted by Gasteiger charge is 2.30. The molecule has 1 aliphatic rings. The van der Waals surface area contributed by atoms with Gasteiger partial charge in [-0.3, -0.25) is 0 Å². The first-order valence-electron chi connectivity index (χ1n) is 5.56. The van der Waals surface area contributed by atoms with E-state index >= 15 is 0 Å². The average molecular weight is 193 g/mol. The van der Waals surface area contributed by atoms with Crippen LogP contribution in [0, 0.1) is 0 Å². The summed E-state index contributed by atoms with van der Waals surface area (Å²) in [6, 6.07) is 0. The first kappa shape index (κ1) is 9.71. The van der Waals surface area contributed by atoms with Gasteiger partial charge in [0.1, 0.15) is 0 Å². The largest absolute Gasteiger partial charge is 0.330 e. The molecule has 0 aromatic carbocycles. The number of rotatable bonds is 2. The molecule has 0 atom stereocenters. The number of aromatic nitrogens is 2. The SMILES string of the molecule is NCC1(n2ccnc2)CCCCCC1. The van der Waals surface area contributed by atoms with Crippen molar-refractivity contribution in [2.45, 2.75) is 44.1 Å². The van der Waals surface area contributed by atoms with Gasteiger partial charge in [0.05, 0.1) is 11.9 Å². The Kier molecular flexibility index (Phi) is 2.87. The fraction of sp³-hybridized carbons (Fsp3) is 0.727. The van der Waals surface area contributed by atoms with Crippen molar-refractivity contribution in [1.29, 1.82) is 0 Å². The van der Waals surface area contributed by atoms with E-state index in [0.29, 0.717) is 0 Å². The molecule has 0 unspecified atom stereocenters. The molecule has 1 aromatic rings. The smallest absolute Gasteiger partial charge is 0.0951 e. The molecule has 2 N–H and O–H groups in total. The van der Waals surface area contributed by atoms with Gasteiger partial charge in [-0.05, 0) is 12.8 Å². The van der Waals surface area contributed by atoms with Crippen LogP contribution in [0.15, 0.2) is 18.7 Å². The van der Waals surface area contributed by atoms with E-state index in [9.17, 15) is 0 Å². The van der Waals surface area contributed by atoms with Gasteiger partial charge in [0.2, 0.25) is 0 Å². The van der Waals surface area contributed by atoms with Crippen molar-refractivity contribution in [3.63, 3.8) is 0 Å². The third-order valence-electron chi connectivity index (χ3n) is 3.47. The van der Waals surface area contributed by atoms with Crippen molar-refractivity contribution in [3.8, 4) is 0 Å². The van der Waals surface area contributed by atoms with Crippen molar-refractivity contribution in [2.24, 2.45) is 5.73 Å². The average Bonchev–Trinajstić information content (AvgIpc) is 2.64. The maximum atomic E-state index is 5.95. The van der Waals surface area contributed by atoms with E-state index in [2.05, 4.69) is 15.7 Å². The summed E-state index contributed by atoms with van der Waals surface area (Å²) < 4.78 is 2.22. The number of nitrogens with zero attached hydrogens (tertiary/aromatic N) is 2. The summed E-state index contributed by atoms with van der Waals surface area (Å²) in [7, 11) is 0. The van der Waals surface area contributed by atoms with E-state index in [4.69, 9.17) is 5.73 Å². The second-order valence-corrected chi connectivity index (χ2v) is 4.31. The van der Waals surface area contributed by atoms with Gasteiger partial charge < -0.3 is 10.3 Å². The van der Waals surface area contributed by atoms with Crippen LogP contribution in [-0.2, 0) is 5.54 Å². The highest BCUT2D eigenvalue weighted by atomic mass is 15.1. The Bertz CT molecular complexity index is 258. The van der Waals surface area contributed by atoms with Crippen LogP contribution in [0.25, 0.3) is 0 Å². The molecule has 0 amide bonds. The third-order valence-corrected chi connectivity index (χ3v) is 3.47. The van der Waals surface area contributed by atoms with Crippen LogP contribution in [0.3, 0.4) is 0 Å². The lowest BCUT2D eigenvalue weighted by Crippen LogP contribution is -2.40. The Morgan fingerprint density at radius 3 is 2.43 bits per heavy atom. The van der Waals surface area contributed by atoms with Crippen LogP contribution < -0.4 is 5.73 Å². The molecule has 0 radical (unpaired) electrons. The fourth-order valence-corrected chi connectivity index (χ4v) is 2.49. The Labute approximate surface area is 85.3 Å². The van der Waals surface area contributed by atoms with E-state index in [1.807, 2.05) is 12.5 Å². The van der Waals surface area contributed by atoms with E-state index in [1.165, 1.54) is 38.5 Å². The Hall–Kier alpha value is -0.830. The summed E-state index contributed by atoms with van der Waals surface area (Å²) in [5.74, 6) is 0. The number of imidazole rings is 1. The molecule has 14 heavy (non-hydrogen) atoms. The molecule has 1 fully saturated rings. The van der Waals surface area contributed by atoms with Crippen molar-refractivity contribution in [3.05, 3.63) is 18.7 Å². The molecule has 2 rings (SSSR count). The monoisotopic (exact) mass is 193 g/mol. The maximum Gasteiger partial charge on any atom is 0.0951 e. The fourth-order valence-electron chi connectivity index (χ4n) is 2.49. The van der Waals surface area contributed by atoms with Gasteiger partial charge in [0.25, 0.3) is 0 Å². The Balaban J connectivity index is 2.23. The maximum absolute atomic E-state index is 5.95. The Morgan fingerprint density at radius 1 is 1.21 bits per heavy atom. The first-order chi connectivity index (χ1) is 6.87. The third kappa shape index (κ3) is 1.69. The quantitative estimate of drug-likeness (QED) is 0.729. The minimum absolute atomic E-state index is 0.160. The second-order valence-electron chi connectivity index (χ2n) is 4.31. The molecule has 1 aliphatic carbocycles.